The Morgan fingerprint density at radius 1 is 1.23 bits per heavy atom. The lowest BCUT2D eigenvalue weighted by Gasteiger charge is -2.31. The van der Waals surface area contributed by atoms with Gasteiger partial charge >= 0.3 is 0 Å². The average molecular weight is 427 g/mol. The molecule has 2 amide bonds. The number of ether oxygens (including phenoxy) is 1. The zero-order chi connectivity index (χ0) is 21.3. The number of anilines is 1. The molecular weight excluding hydrogens is 404 g/mol. The van der Waals surface area contributed by atoms with Crippen LogP contribution >= 0.6 is 11.6 Å². The van der Waals surface area contributed by atoms with Gasteiger partial charge in [-0.2, -0.15) is 0 Å². The minimum absolute atomic E-state index is 0.0506. The predicted molar refractivity (Wildman–Crippen MR) is 116 cm³/mol. The number of nitrogens with zero attached hydrogens (tertiary/aromatic N) is 2. The summed E-state index contributed by atoms with van der Waals surface area (Å²) in [5.41, 5.74) is 3.03. The molecule has 0 spiro atoms. The highest BCUT2D eigenvalue weighted by Crippen LogP contribution is 2.33. The molecular formula is C22H23ClN4O3. The number of rotatable bonds is 4. The first-order valence-electron chi connectivity index (χ1n) is 9.83. The molecule has 8 heteroatoms. The van der Waals surface area contributed by atoms with Crippen molar-refractivity contribution < 1.29 is 14.3 Å². The molecule has 1 aliphatic heterocycles. The van der Waals surface area contributed by atoms with Crippen LogP contribution in [0.5, 0.6) is 0 Å². The molecule has 0 radical (unpaired) electrons. The van der Waals surface area contributed by atoms with Gasteiger partial charge in [-0.15, -0.1) is 0 Å². The summed E-state index contributed by atoms with van der Waals surface area (Å²) in [6.07, 6.45) is 1.20. The van der Waals surface area contributed by atoms with Crippen LogP contribution < -0.4 is 10.6 Å². The van der Waals surface area contributed by atoms with Crippen LogP contribution in [0.15, 0.2) is 42.5 Å². The third-order valence-corrected chi connectivity index (χ3v) is 5.53. The molecule has 4 rings (SSSR count). The first-order valence-corrected chi connectivity index (χ1v) is 10.2. The number of carbonyl (C=O) groups is 2. The van der Waals surface area contributed by atoms with Gasteiger partial charge in [0.1, 0.15) is 0 Å². The molecule has 2 N–H and O–H groups in total. The Balaban J connectivity index is 1.58. The molecule has 2 atom stereocenters. The van der Waals surface area contributed by atoms with E-state index in [4.69, 9.17) is 16.3 Å². The Bertz CT molecular complexity index is 1110. The molecule has 1 aliphatic rings. The number of amides is 2. The van der Waals surface area contributed by atoms with Crippen molar-refractivity contribution in [3.05, 3.63) is 58.9 Å². The van der Waals surface area contributed by atoms with Crippen LogP contribution in [0.1, 0.15) is 42.1 Å². The molecule has 3 aromatic rings. The van der Waals surface area contributed by atoms with E-state index in [1.165, 1.54) is 6.92 Å². The summed E-state index contributed by atoms with van der Waals surface area (Å²) in [7, 11) is 1.80. The highest BCUT2D eigenvalue weighted by molar-refractivity contribution is 6.31. The molecule has 1 fully saturated rings. The highest BCUT2D eigenvalue weighted by Gasteiger charge is 2.27. The Kier molecular flexibility index (Phi) is 5.74. The quantitative estimate of drug-likeness (QED) is 0.663. The van der Waals surface area contributed by atoms with Gasteiger partial charge in [-0.05, 0) is 37.1 Å². The summed E-state index contributed by atoms with van der Waals surface area (Å²) in [4.78, 5) is 28.9. The van der Waals surface area contributed by atoms with Gasteiger partial charge in [-0.3, -0.25) is 9.59 Å². The van der Waals surface area contributed by atoms with Gasteiger partial charge in [0, 0.05) is 42.9 Å². The summed E-state index contributed by atoms with van der Waals surface area (Å²) in [6.45, 7) is 2.06. The van der Waals surface area contributed by atoms with Crippen LogP contribution in [0, 0.1) is 0 Å². The normalized spacial score (nSPS) is 18.9. The smallest absolute Gasteiger partial charge is 0.291 e. The molecule has 0 unspecified atom stereocenters. The first kappa shape index (κ1) is 20.4. The number of para-hydroxylation sites is 1. The van der Waals surface area contributed by atoms with E-state index in [1.807, 2.05) is 30.3 Å². The molecule has 156 valence electrons. The SMILES string of the molecule is CC(=O)N[C@@H]1CCO[C@H](c2ccccc2NC(=O)c2nc3cc(Cl)ccc3n2C)C1. The molecule has 2 aromatic carbocycles. The van der Waals surface area contributed by atoms with Crippen molar-refractivity contribution in [2.24, 2.45) is 7.05 Å². The van der Waals surface area contributed by atoms with Crippen molar-refractivity contribution in [2.75, 3.05) is 11.9 Å². The Hall–Kier alpha value is -2.90. The van der Waals surface area contributed by atoms with Crippen molar-refractivity contribution in [2.45, 2.75) is 31.9 Å². The minimum Gasteiger partial charge on any atom is -0.373 e. The topological polar surface area (TPSA) is 85.2 Å². The number of nitrogens with one attached hydrogen (secondary N) is 2. The van der Waals surface area contributed by atoms with Crippen molar-refractivity contribution in [3.63, 3.8) is 0 Å². The van der Waals surface area contributed by atoms with Gasteiger partial charge in [0.2, 0.25) is 5.91 Å². The van der Waals surface area contributed by atoms with Crippen LogP contribution in [0.4, 0.5) is 5.69 Å². The fraction of sp³-hybridized carbons (Fsp3) is 0.318. The lowest BCUT2D eigenvalue weighted by molar-refractivity contribution is -0.120. The summed E-state index contributed by atoms with van der Waals surface area (Å²) in [5, 5.41) is 6.51. The van der Waals surface area contributed by atoms with E-state index in [1.54, 1.807) is 23.7 Å². The van der Waals surface area contributed by atoms with Crippen LogP contribution in [-0.4, -0.2) is 34.0 Å². The van der Waals surface area contributed by atoms with Crippen molar-refractivity contribution in [3.8, 4) is 0 Å². The number of hydrogen-bond acceptors (Lipinski definition) is 4. The van der Waals surface area contributed by atoms with Crippen LogP contribution in [0.2, 0.25) is 5.02 Å². The third kappa shape index (κ3) is 4.17. The number of imidazole rings is 1. The van der Waals surface area contributed by atoms with Gasteiger partial charge in [0.25, 0.3) is 5.91 Å². The molecule has 7 nitrogen and oxygen atoms in total. The Morgan fingerprint density at radius 2 is 2.03 bits per heavy atom. The highest BCUT2D eigenvalue weighted by atomic mass is 35.5. The number of aryl methyl sites for hydroxylation is 1. The van der Waals surface area contributed by atoms with Crippen LogP contribution in [-0.2, 0) is 16.6 Å². The number of benzene rings is 2. The van der Waals surface area contributed by atoms with Gasteiger partial charge in [-0.1, -0.05) is 29.8 Å². The number of fused-ring (bicyclic) bond motifs is 1. The standard InChI is InChI=1S/C22H23ClN4O3/c1-13(28)24-15-9-10-30-20(12-15)16-5-3-4-6-17(16)26-22(29)21-25-18-11-14(23)7-8-19(18)27(21)2/h3-8,11,15,20H,9-10,12H2,1-2H3,(H,24,28)(H,26,29)/t15-,20+/m1/s1. The molecule has 30 heavy (non-hydrogen) atoms. The average Bonchev–Trinajstić information content (AvgIpc) is 3.04. The lowest BCUT2D eigenvalue weighted by Crippen LogP contribution is -2.38. The monoisotopic (exact) mass is 426 g/mol. The number of hydrogen-bond donors (Lipinski definition) is 2. The minimum atomic E-state index is -0.313. The summed E-state index contributed by atoms with van der Waals surface area (Å²) in [6, 6.07) is 13.0. The predicted octanol–water partition coefficient (Wildman–Crippen LogP) is 3.84. The maximum atomic E-state index is 13.0. The molecule has 0 bridgehead atoms. The fourth-order valence-corrected chi connectivity index (χ4v) is 4.04. The fourth-order valence-electron chi connectivity index (χ4n) is 3.88. The summed E-state index contributed by atoms with van der Waals surface area (Å²) < 4.78 is 7.69. The van der Waals surface area contributed by atoms with E-state index in [0.717, 1.165) is 17.5 Å². The molecule has 0 saturated carbocycles. The van der Waals surface area contributed by atoms with Gasteiger partial charge < -0.3 is 19.9 Å². The number of halogens is 1. The van der Waals surface area contributed by atoms with Crippen molar-refractivity contribution in [1.29, 1.82) is 0 Å². The number of aromatic nitrogens is 2. The second-order valence-corrected chi connectivity index (χ2v) is 7.89. The number of carbonyl (C=O) groups excluding carboxylic acids is 2. The van der Waals surface area contributed by atoms with Crippen LogP contribution in [0.3, 0.4) is 0 Å². The van der Waals surface area contributed by atoms with Gasteiger partial charge in [-0.25, -0.2) is 4.98 Å². The van der Waals surface area contributed by atoms with E-state index in [2.05, 4.69) is 15.6 Å². The first-order chi connectivity index (χ1) is 14.4. The van der Waals surface area contributed by atoms with E-state index >= 15 is 0 Å². The van der Waals surface area contributed by atoms with Crippen molar-refractivity contribution in [1.82, 2.24) is 14.9 Å². The second kappa shape index (κ2) is 8.45. The van der Waals surface area contributed by atoms with E-state index < -0.39 is 0 Å². The second-order valence-electron chi connectivity index (χ2n) is 7.45. The molecule has 2 heterocycles. The summed E-state index contributed by atoms with van der Waals surface area (Å²) >= 11 is 6.05. The van der Waals surface area contributed by atoms with E-state index in [0.29, 0.717) is 35.1 Å². The third-order valence-electron chi connectivity index (χ3n) is 5.29. The summed E-state index contributed by atoms with van der Waals surface area (Å²) in [5.74, 6) is -0.0709. The molecule has 0 aliphatic carbocycles. The van der Waals surface area contributed by atoms with E-state index in [9.17, 15) is 9.59 Å². The zero-order valence-corrected chi connectivity index (χ0v) is 17.6. The Morgan fingerprint density at radius 3 is 2.83 bits per heavy atom. The Labute approximate surface area is 179 Å². The lowest BCUT2D eigenvalue weighted by atomic mass is 9.96. The molecule has 1 aromatic heterocycles. The maximum absolute atomic E-state index is 13.0. The maximum Gasteiger partial charge on any atom is 0.291 e. The largest absolute Gasteiger partial charge is 0.373 e. The molecule has 1 saturated heterocycles. The zero-order valence-electron chi connectivity index (χ0n) is 16.8. The van der Waals surface area contributed by atoms with Crippen molar-refractivity contribution >= 4 is 40.1 Å². The van der Waals surface area contributed by atoms with Crippen LogP contribution in [0.25, 0.3) is 11.0 Å². The van der Waals surface area contributed by atoms with Gasteiger partial charge in [0.05, 0.1) is 17.1 Å². The van der Waals surface area contributed by atoms with E-state index in [-0.39, 0.29) is 24.0 Å². The van der Waals surface area contributed by atoms with Gasteiger partial charge in [0.15, 0.2) is 5.82 Å².